The van der Waals surface area contributed by atoms with Gasteiger partial charge in [-0.25, -0.2) is 13.1 Å². The summed E-state index contributed by atoms with van der Waals surface area (Å²) in [4.78, 5) is 0.191. The van der Waals surface area contributed by atoms with Crippen LogP contribution in [-0.4, -0.2) is 27.7 Å². The smallest absolute Gasteiger partial charge is 0.240 e. The van der Waals surface area contributed by atoms with Crippen LogP contribution in [0.4, 0.5) is 0 Å². The van der Waals surface area contributed by atoms with Gasteiger partial charge in [0.25, 0.3) is 0 Å². The zero-order valence-electron chi connectivity index (χ0n) is 10.1. The summed E-state index contributed by atoms with van der Waals surface area (Å²) >= 11 is 5.93. The van der Waals surface area contributed by atoms with Crippen molar-refractivity contribution < 1.29 is 13.2 Å². The molecule has 1 heterocycles. The summed E-state index contributed by atoms with van der Waals surface area (Å²) in [6.07, 6.45) is 1.88. The fraction of sp³-hybridized carbons (Fsp3) is 0.500. The zero-order valence-corrected chi connectivity index (χ0v) is 11.7. The average Bonchev–Trinajstić information content (AvgIpc) is 2.83. The number of ether oxygens (including phenoxy) is 1. The molecule has 0 spiro atoms. The standard InChI is InChI=1S/C12H16ClNO3S/c1-9-4-5-11(7-12(9)13)18(15,16)14-8-10-3-2-6-17-10/h4-5,7,10,14H,2-3,6,8H2,1H3. The van der Waals surface area contributed by atoms with Gasteiger partial charge in [0.1, 0.15) is 0 Å². The molecule has 0 saturated carbocycles. The Morgan fingerprint density at radius 3 is 2.89 bits per heavy atom. The van der Waals surface area contributed by atoms with Crippen LogP contribution in [0.25, 0.3) is 0 Å². The predicted molar refractivity (Wildman–Crippen MR) is 70.4 cm³/mol. The molecule has 4 nitrogen and oxygen atoms in total. The second kappa shape index (κ2) is 5.57. The second-order valence-corrected chi connectivity index (χ2v) is 6.57. The van der Waals surface area contributed by atoms with E-state index in [0.717, 1.165) is 18.4 Å². The van der Waals surface area contributed by atoms with Gasteiger partial charge in [0.05, 0.1) is 11.0 Å². The number of aryl methyl sites for hydroxylation is 1. The Bertz CT molecular complexity index is 524. The summed E-state index contributed by atoms with van der Waals surface area (Å²) in [5.41, 5.74) is 0.856. The van der Waals surface area contributed by atoms with Crippen molar-refractivity contribution in [3.63, 3.8) is 0 Å². The largest absolute Gasteiger partial charge is 0.377 e. The Labute approximate surface area is 112 Å². The molecular weight excluding hydrogens is 274 g/mol. The van der Waals surface area contributed by atoms with Crippen molar-refractivity contribution in [3.05, 3.63) is 28.8 Å². The van der Waals surface area contributed by atoms with Crippen molar-refractivity contribution in [1.82, 2.24) is 4.72 Å². The van der Waals surface area contributed by atoms with Crippen molar-refractivity contribution in [2.24, 2.45) is 0 Å². The van der Waals surface area contributed by atoms with Crippen LogP contribution in [0.15, 0.2) is 23.1 Å². The van der Waals surface area contributed by atoms with Crippen LogP contribution in [0.2, 0.25) is 5.02 Å². The molecule has 6 heteroatoms. The molecule has 1 aliphatic rings. The lowest BCUT2D eigenvalue weighted by Crippen LogP contribution is -2.31. The zero-order chi connectivity index (χ0) is 13.2. The molecule has 0 radical (unpaired) electrons. The first-order valence-electron chi connectivity index (χ1n) is 5.86. The summed E-state index contributed by atoms with van der Waals surface area (Å²) in [5, 5.41) is 0.454. The first-order valence-corrected chi connectivity index (χ1v) is 7.72. The first-order chi connectivity index (χ1) is 8.49. The maximum atomic E-state index is 12.0. The third kappa shape index (κ3) is 3.23. The van der Waals surface area contributed by atoms with Crippen molar-refractivity contribution in [2.75, 3.05) is 13.2 Å². The Balaban J connectivity index is 2.07. The highest BCUT2D eigenvalue weighted by atomic mass is 35.5. The van der Waals surface area contributed by atoms with Crippen molar-refractivity contribution >= 4 is 21.6 Å². The number of benzene rings is 1. The van der Waals surface area contributed by atoms with Gasteiger partial charge in [-0.15, -0.1) is 0 Å². The second-order valence-electron chi connectivity index (χ2n) is 4.40. The van der Waals surface area contributed by atoms with E-state index >= 15 is 0 Å². The molecule has 1 aromatic carbocycles. The lowest BCUT2D eigenvalue weighted by Gasteiger charge is -2.11. The van der Waals surface area contributed by atoms with Gasteiger partial charge in [0, 0.05) is 18.2 Å². The van der Waals surface area contributed by atoms with Crippen LogP contribution in [0, 0.1) is 6.92 Å². The molecule has 100 valence electrons. The van der Waals surface area contributed by atoms with E-state index in [4.69, 9.17) is 16.3 Å². The molecule has 1 atom stereocenters. The molecule has 1 aromatic rings. The summed E-state index contributed by atoms with van der Waals surface area (Å²) in [5.74, 6) is 0. The highest BCUT2D eigenvalue weighted by molar-refractivity contribution is 7.89. The van der Waals surface area contributed by atoms with E-state index in [2.05, 4.69) is 4.72 Å². The van der Waals surface area contributed by atoms with Crippen LogP contribution in [-0.2, 0) is 14.8 Å². The van der Waals surface area contributed by atoms with Crippen LogP contribution in [0.3, 0.4) is 0 Å². The van der Waals surface area contributed by atoms with Gasteiger partial charge in [-0.2, -0.15) is 0 Å². The fourth-order valence-electron chi connectivity index (χ4n) is 1.83. The minimum absolute atomic E-state index is 0.0132. The number of hydrogen-bond acceptors (Lipinski definition) is 3. The van der Waals surface area contributed by atoms with Gasteiger partial charge < -0.3 is 4.74 Å². The summed E-state index contributed by atoms with van der Waals surface area (Å²) in [7, 11) is -3.50. The quantitative estimate of drug-likeness (QED) is 0.923. The maximum absolute atomic E-state index is 12.0. The summed E-state index contributed by atoms with van der Waals surface area (Å²) in [6, 6.07) is 4.72. The third-order valence-electron chi connectivity index (χ3n) is 2.98. The molecule has 0 aromatic heterocycles. The number of halogens is 1. The van der Waals surface area contributed by atoms with Gasteiger partial charge >= 0.3 is 0 Å². The SMILES string of the molecule is Cc1ccc(S(=O)(=O)NCC2CCCO2)cc1Cl. The van der Waals surface area contributed by atoms with Gasteiger partial charge in [-0.3, -0.25) is 0 Å². The Kier molecular flexibility index (Phi) is 4.27. The van der Waals surface area contributed by atoms with Crippen LogP contribution < -0.4 is 4.72 Å². The summed E-state index contributed by atoms with van der Waals surface area (Å²) < 4.78 is 32.0. The van der Waals surface area contributed by atoms with E-state index in [9.17, 15) is 8.42 Å². The van der Waals surface area contributed by atoms with Crippen molar-refractivity contribution in [3.8, 4) is 0 Å². The number of sulfonamides is 1. The number of hydrogen-bond donors (Lipinski definition) is 1. The lowest BCUT2D eigenvalue weighted by atomic mass is 10.2. The van der Waals surface area contributed by atoms with E-state index in [0.29, 0.717) is 18.2 Å². The third-order valence-corrected chi connectivity index (χ3v) is 4.81. The first kappa shape index (κ1) is 13.8. The van der Waals surface area contributed by atoms with Crippen LogP contribution in [0.5, 0.6) is 0 Å². The minimum atomic E-state index is -3.50. The number of nitrogens with one attached hydrogen (secondary N) is 1. The summed E-state index contributed by atoms with van der Waals surface area (Å²) in [6.45, 7) is 2.86. The van der Waals surface area contributed by atoms with E-state index < -0.39 is 10.0 Å². The number of rotatable bonds is 4. The Morgan fingerprint density at radius 1 is 1.50 bits per heavy atom. The van der Waals surface area contributed by atoms with E-state index in [1.54, 1.807) is 12.1 Å². The molecule has 1 unspecified atom stereocenters. The fourth-order valence-corrected chi connectivity index (χ4v) is 3.17. The van der Waals surface area contributed by atoms with Gasteiger partial charge in [-0.1, -0.05) is 17.7 Å². The van der Waals surface area contributed by atoms with Crippen LogP contribution >= 0.6 is 11.6 Å². The molecule has 2 rings (SSSR count). The average molecular weight is 290 g/mol. The van der Waals surface area contributed by atoms with E-state index in [1.807, 2.05) is 6.92 Å². The highest BCUT2D eigenvalue weighted by Gasteiger charge is 2.20. The van der Waals surface area contributed by atoms with E-state index in [1.165, 1.54) is 6.07 Å². The van der Waals surface area contributed by atoms with Crippen LogP contribution in [0.1, 0.15) is 18.4 Å². The van der Waals surface area contributed by atoms with Crippen molar-refractivity contribution in [1.29, 1.82) is 0 Å². The predicted octanol–water partition coefficient (Wildman–Crippen LogP) is 2.11. The Hall–Kier alpha value is -0.620. The normalized spacial score (nSPS) is 20.2. The molecule has 1 N–H and O–H groups in total. The molecule has 1 fully saturated rings. The lowest BCUT2D eigenvalue weighted by molar-refractivity contribution is 0.114. The monoisotopic (exact) mass is 289 g/mol. The van der Waals surface area contributed by atoms with Crippen molar-refractivity contribution in [2.45, 2.75) is 30.8 Å². The molecule has 0 aliphatic carbocycles. The Morgan fingerprint density at radius 2 is 2.28 bits per heavy atom. The molecule has 0 bridgehead atoms. The topological polar surface area (TPSA) is 55.4 Å². The van der Waals surface area contributed by atoms with Gasteiger partial charge in [0.2, 0.25) is 10.0 Å². The molecular formula is C12H16ClNO3S. The van der Waals surface area contributed by atoms with Gasteiger partial charge in [-0.05, 0) is 37.5 Å². The van der Waals surface area contributed by atoms with Gasteiger partial charge in [0.15, 0.2) is 0 Å². The molecule has 18 heavy (non-hydrogen) atoms. The maximum Gasteiger partial charge on any atom is 0.240 e. The molecule has 1 saturated heterocycles. The highest BCUT2D eigenvalue weighted by Crippen LogP contribution is 2.20. The van der Waals surface area contributed by atoms with E-state index in [-0.39, 0.29) is 11.0 Å². The molecule has 1 aliphatic heterocycles. The molecule has 0 amide bonds. The minimum Gasteiger partial charge on any atom is -0.377 e.